The highest BCUT2D eigenvalue weighted by molar-refractivity contribution is 8.77. The Balaban J connectivity index is 1.93. The number of hydrogen-bond acceptors (Lipinski definition) is 6. The Hall–Kier alpha value is -0.690. The zero-order chi connectivity index (χ0) is 10.8. The van der Waals surface area contributed by atoms with Crippen LogP contribution in [0.25, 0.3) is 0 Å². The Morgan fingerprint density at radius 2 is 1.73 bits per heavy atom. The Morgan fingerprint density at radius 3 is 2.27 bits per heavy atom. The molecular weight excluding hydrogens is 238 g/mol. The zero-order valence-corrected chi connectivity index (χ0v) is 9.44. The third-order valence-electron chi connectivity index (χ3n) is 2.14. The monoisotopic (exact) mass is 247 g/mol. The van der Waals surface area contributed by atoms with Crippen molar-refractivity contribution in [3.8, 4) is 0 Å². The van der Waals surface area contributed by atoms with Crippen molar-refractivity contribution in [2.75, 3.05) is 11.5 Å². The van der Waals surface area contributed by atoms with Crippen molar-refractivity contribution >= 4 is 39.4 Å². The van der Waals surface area contributed by atoms with E-state index in [-0.39, 0.29) is 18.8 Å². The number of amides is 2. The van der Waals surface area contributed by atoms with Gasteiger partial charge in [0.15, 0.2) is 0 Å². The number of rotatable bonds is 2. The van der Waals surface area contributed by atoms with E-state index in [0.29, 0.717) is 16.6 Å². The molecule has 0 aromatic heterocycles. The minimum absolute atomic E-state index is 0.139. The lowest BCUT2D eigenvalue weighted by Crippen LogP contribution is -2.35. The lowest BCUT2D eigenvalue weighted by atomic mass is 10.2. The van der Waals surface area contributed by atoms with Crippen LogP contribution in [0.5, 0.6) is 0 Å². The van der Waals surface area contributed by atoms with Crippen molar-refractivity contribution in [1.29, 1.82) is 0 Å². The number of carbonyl (C=O) groups is 3. The summed E-state index contributed by atoms with van der Waals surface area (Å²) < 4.78 is 0. The average Bonchev–Trinajstić information content (AvgIpc) is 2.82. The fraction of sp³-hybridized carbons (Fsp3) is 0.625. The van der Waals surface area contributed by atoms with Crippen molar-refractivity contribution in [3.05, 3.63) is 0 Å². The summed E-state index contributed by atoms with van der Waals surface area (Å²) in [6.45, 7) is 0. The third kappa shape index (κ3) is 2.28. The highest BCUT2D eigenvalue weighted by atomic mass is 33.1. The quantitative estimate of drug-likeness (QED) is 0.526. The highest BCUT2D eigenvalue weighted by Crippen LogP contribution is 2.35. The van der Waals surface area contributed by atoms with Gasteiger partial charge < -0.3 is 4.84 Å². The second-order valence-corrected chi connectivity index (χ2v) is 5.81. The van der Waals surface area contributed by atoms with Crippen LogP contribution in [0.2, 0.25) is 0 Å². The number of imide groups is 1. The molecule has 2 amide bonds. The third-order valence-corrected chi connectivity index (χ3v) is 4.70. The molecule has 0 bridgehead atoms. The normalized spacial score (nSPS) is 22.5. The van der Waals surface area contributed by atoms with Gasteiger partial charge in [0.25, 0.3) is 11.8 Å². The molecule has 0 spiro atoms. The molecule has 82 valence electrons. The zero-order valence-electron chi connectivity index (χ0n) is 7.80. The maximum atomic E-state index is 11.5. The van der Waals surface area contributed by atoms with Crippen LogP contribution < -0.4 is 0 Å². The predicted molar refractivity (Wildman–Crippen MR) is 55.6 cm³/mol. The van der Waals surface area contributed by atoms with Crippen LogP contribution in [0.4, 0.5) is 0 Å². The van der Waals surface area contributed by atoms with Crippen molar-refractivity contribution in [1.82, 2.24) is 5.06 Å². The van der Waals surface area contributed by atoms with Crippen LogP contribution >= 0.6 is 21.6 Å². The Labute approximate surface area is 94.2 Å². The lowest BCUT2D eigenvalue weighted by molar-refractivity contribution is -0.199. The first-order valence-electron chi connectivity index (χ1n) is 4.50. The molecule has 0 unspecified atom stereocenters. The van der Waals surface area contributed by atoms with E-state index in [1.165, 1.54) is 0 Å². The number of nitrogens with zero attached hydrogens (tertiary/aromatic N) is 1. The molecule has 0 aromatic carbocycles. The van der Waals surface area contributed by atoms with Gasteiger partial charge in [0, 0.05) is 24.3 Å². The minimum atomic E-state index is -0.476. The molecule has 15 heavy (non-hydrogen) atoms. The number of carbonyl (C=O) groups excluding carboxylic acids is 3. The summed E-state index contributed by atoms with van der Waals surface area (Å²) in [5.41, 5.74) is 0. The van der Waals surface area contributed by atoms with E-state index < -0.39 is 17.8 Å². The van der Waals surface area contributed by atoms with E-state index >= 15 is 0 Å². The van der Waals surface area contributed by atoms with Gasteiger partial charge in [-0.3, -0.25) is 9.59 Å². The van der Waals surface area contributed by atoms with Crippen molar-refractivity contribution in [2.24, 2.45) is 5.92 Å². The smallest absolute Gasteiger partial charge is 0.330 e. The Kier molecular flexibility index (Phi) is 3.20. The van der Waals surface area contributed by atoms with Crippen LogP contribution in [0.1, 0.15) is 12.8 Å². The molecule has 0 atom stereocenters. The summed E-state index contributed by atoms with van der Waals surface area (Å²) in [7, 11) is 3.19. The summed E-state index contributed by atoms with van der Waals surface area (Å²) >= 11 is 0. The molecule has 0 saturated carbocycles. The molecule has 2 heterocycles. The number of hydroxylamine groups is 2. The van der Waals surface area contributed by atoms with Crippen LogP contribution in [-0.2, 0) is 19.2 Å². The molecule has 0 aliphatic carbocycles. The number of hydrogen-bond donors (Lipinski definition) is 0. The molecule has 2 fully saturated rings. The molecule has 0 N–H and O–H groups in total. The van der Waals surface area contributed by atoms with E-state index in [4.69, 9.17) is 4.84 Å². The maximum absolute atomic E-state index is 11.5. The van der Waals surface area contributed by atoms with Crippen molar-refractivity contribution in [2.45, 2.75) is 12.8 Å². The van der Waals surface area contributed by atoms with E-state index in [1.807, 2.05) is 0 Å². The SMILES string of the molecule is O=C(ON1C(=O)CCC1=O)C1CSSC1. The van der Waals surface area contributed by atoms with Crippen LogP contribution in [0.15, 0.2) is 0 Å². The van der Waals surface area contributed by atoms with Gasteiger partial charge in [-0.25, -0.2) is 4.79 Å². The minimum Gasteiger partial charge on any atom is -0.330 e. The van der Waals surface area contributed by atoms with Gasteiger partial charge in [0.1, 0.15) is 0 Å². The summed E-state index contributed by atoms with van der Waals surface area (Å²) in [6, 6.07) is 0. The van der Waals surface area contributed by atoms with Gasteiger partial charge in [-0.2, -0.15) is 0 Å². The largest absolute Gasteiger partial charge is 0.337 e. The van der Waals surface area contributed by atoms with E-state index in [9.17, 15) is 14.4 Å². The lowest BCUT2D eigenvalue weighted by Gasteiger charge is -2.14. The van der Waals surface area contributed by atoms with Gasteiger partial charge in [-0.1, -0.05) is 21.6 Å². The summed E-state index contributed by atoms with van der Waals surface area (Å²) in [6.07, 6.45) is 0.278. The van der Waals surface area contributed by atoms with Gasteiger partial charge >= 0.3 is 5.97 Å². The van der Waals surface area contributed by atoms with Crippen LogP contribution in [0.3, 0.4) is 0 Å². The summed E-state index contributed by atoms with van der Waals surface area (Å²) in [4.78, 5) is 38.6. The van der Waals surface area contributed by atoms with Gasteiger partial charge in [-0.05, 0) is 0 Å². The van der Waals surface area contributed by atoms with E-state index in [1.54, 1.807) is 21.6 Å². The molecular formula is C8H9NO4S2. The molecule has 5 nitrogen and oxygen atoms in total. The summed E-state index contributed by atoms with van der Waals surface area (Å²) in [5.74, 6) is -0.171. The Bertz CT molecular complexity index is 298. The average molecular weight is 247 g/mol. The summed E-state index contributed by atoms with van der Waals surface area (Å²) in [5, 5.41) is 0.607. The van der Waals surface area contributed by atoms with Crippen LogP contribution in [-0.4, -0.2) is 34.4 Å². The first-order chi connectivity index (χ1) is 7.18. The molecule has 2 aliphatic heterocycles. The van der Waals surface area contributed by atoms with Crippen molar-refractivity contribution in [3.63, 3.8) is 0 Å². The molecule has 0 radical (unpaired) electrons. The predicted octanol–water partition coefficient (Wildman–Crippen LogP) is 0.605. The molecule has 2 saturated heterocycles. The fourth-order valence-electron chi connectivity index (χ4n) is 1.27. The van der Waals surface area contributed by atoms with Gasteiger partial charge in [0.05, 0.1) is 5.92 Å². The molecule has 7 heteroatoms. The maximum Gasteiger partial charge on any atom is 0.337 e. The first kappa shape index (κ1) is 10.8. The second kappa shape index (κ2) is 4.44. The topological polar surface area (TPSA) is 63.7 Å². The molecule has 2 aliphatic rings. The second-order valence-electron chi connectivity index (χ2n) is 3.26. The van der Waals surface area contributed by atoms with Gasteiger partial charge in [-0.15, -0.1) is 5.06 Å². The standard InChI is InChI=1S/C8H9NO4S2/c10-6-1-2-7(11)9(6)13-8(12)5-3-14-15-4-5/h5H,1-4H2. The fourth-order valence-corrected chi connectivity index (χ4v) is 4.01. The molecule has 0 aromatic rings. The van der Waals surface area contributed by atoms with Gasteiger partial charge in [0.2, 0.25) is 0 Å². The molecule has 2 rings (SSSR count). The van der Waals surface area contributed by atoms with Crippen molar-refractivity contribution < 1.29 is 19.2 Å². The highest BCUT2D eigenvalue weighted by Gasteiger charge is 2.35. The van der Waals surface area contributed by atoms with E-state index in [2.05, 4.69) is 0 Å². The van der Waals surface area contributed by atoms with Crippen LogP contribution in [0, 0.1) is 5.92 Å². The van der Waals surface area contributed by atoms with E-state index in [0.717, 1.165) is 0 Å². The first-order valence-corrected chi connectivity index (χ1v) is 6.99. The Morgan fingerprint density at radius 1 is 1.20 bits per heavy atom.